The minimum Gasteiger partial charge on any atom is -0.380 e. The molecule has 0 aliphatic heterocycles. The van der Waals surface area contributed by atoms with Crippen molar-refractivity contribution in [2.45, 2.75) is 26.7 Å². The van der Waals surface area contributed by atoms with Gasteiger partial charge < -0.3 is 20.4 Å². The molecule has 3 N–H and O–H groups in total. The summed E-state index contributed by atoms with van der Waals surface area (Å²) in [5.74, 6) is 0.255. The van der Waals surface area contributed by atoms with Gasteiger partial charge in [-0.1, -0.05) is 13.3 Å². The van der Waals surface area contributed by atoms with Crippen LogP contribution >= 0.6 is 11.6 Å². The highest BCUT2D eigenvalue weighted by molar-refractivity contribution is 6.28. The first-order valence-electron chi connectivity index (χ1n) is 6.54. The Morgan fingerprint density at radius 3 is 2.89 bits per heavy atom. The fourth-order valence-corrected chi connectivity index (χ4v) is 1.67. The lowest BCUT2D eigenvalue weighted by atomic mass is 10.3. The first-order chi connectivity index (χ1) is 9.19. The number of hydrogen-bond acceptors (Lipinski definition) is 4. The van der Waals surface area contributed by atoms with E-state index in [4.69, 9.17) is 16.3 Å². The molecular weight excluding hydrogens is 268 g/mol. The molecule has 6 nitrogen and oxygen atoms in total. The average molecular weight is 289 g/mol. The standard InChI is InChI=1S/C12H21ClN4O2/c1-3-5-6-14-10-9(16-12(13)17-10)11(18)15-7-8-19-4-2/h14H,3-8H2,1-2H3,(H,15,18)(H,16,17). The molecule has 1 aromatic rings. The molecule has 0 aliphatic rings. The summed E-state index contributed by atoms with van der Waals surface area (Å²) in [5.41, 5.74) is 0.359. The molecule has 0 radical (unpaired) electrons. The molecule has 0 saturated carbocycles. The number of aromatic nitrogens is 2. The molecule has 1 amide bonds. The topological polar surface area (TPSA) is 79.0 Å². The molecule has 19 heavy (non-hydrogen) atoms. The maximum absolute atomic E-state index is 11.9. The van der Waals surface area contributed by atoms with Crippen LogP contribution in [0.2, 0.25) is 5.28 Å². The SMILES string of the molecule is CCCCNc1nc(Cl)[nH]c1C(=O)NCCOCC. The molecule has 0 aliphatic carbocycles. The summed E-state index contributed by atoms with van der Waals surface area (Å²) < 4.78 is 5.15. The van der Waals surface area contributed by atoms with E-state index < -0.39 is 0 Å². The zero-order valence-electron chi connectivity index (χ0n) is 11.4. The molecule has 108 valence electrons. The molecule has 0 unspecified atom stereocenters. The first kappa shape index (κ1) is 15.8. The smallest absolute Gasteiger partial charge is 0.271 e. The number of halogens is 1. The number of rotatable bonds is 9. The van der Waals surface area contributed by atoms with E-state index in [1.54, 1.807) is 0 Å². The number of aromatic amines is 1. The van der Waals surface area contributed by atoms with E-state index in [-0.39, 0.29) is 11.2 Å². The monoisotopic (exact) mass is 288 g/mol. The lowest BCUT2D eigenvalue weighted by Crippen LogP contribution is -2.28. The Morgan fingerprint density at radius 1 is 1.42 bits per heavy atom. The number of nitrogens with zero attached hydrogens (tertiary/aromatic N) is 1. The second kappa shape index (κ2) is 8.77. The molecule has 1 heterocycles. The van der Waals surface area contributed by atoms with Crippen LogP contribution < -0.4 is 10.6 Å². The van der Waals surface area contributed by atoms with E-state index in [0.717, 1.165) is 19.4 Å². The number of H-pyrrole nitrogens is 1. The Bertz CT molecular complexity index is 395. The van der Waals surface area contributed by atoms with Gasteiger partial charge in [-0.25, -0.2) is 4.98 Å². The van der Waals surface area contributed by atoms with Gasteiger partial charge in [0.05, 0.1) is 6.61 Å². The van der Waals surface area contributed by atoms with Crippen molar-refractivity contribution in [3.63, 3.8) is 0 Å². The summed E-state index contributed by atoms with van der Waals surface area (Å²) >= 11 is 5.79. The van der Waals surface area contributed by atoms with Crippen molar-refractivity contribution >= 4 is 23.3 Å². The Morgan fingerprint density at radius 2 is 2.21 bits per heavy atom. The Balaban J connectivity index is 2.52. The van der Waals surface area contributed by atoms with Crippen molar-refractivity contribution in [1.82, 2.24) is 15.3 Å². The molecule has 0 bridgehead atoms. The normalized spacial score (nSPS) is 10.5. The average Bonchev–Trinajstić information content (AvgIpc) is 2.76. The number of carbonyl (C=O) groups is 1. The molecule has 0 fully saturated rings. The predicted octanol–water partition coefficient (Wildman–Crippen LogP) is 2.04. The molecule has 0 atom stereocenters. The highest BCUT2D eigenvalue weighted by Gasteiger charge is 2.15. The highest BCUT2D eigenvalue weighted by atomic mass is 35.5. The van der Waals surface area contributed by atoms with Gasteiger partial charge in [-0.3, -0.25) is 4.79 Å². The first-order valence-corrected chi connectivity index (χ1v) is 6.92. The minimum absolute atomic E-state index is 0.203. The highest BCUT2D eigenvalue weighted by Crippen LogP contribution is 2.15. The van der Waals surface area contributed by atoms with Gasteiger partial charge in [0.1, 0.15) is 5.69 Å². The zero-order valence-corrected chi connectivity index (χ0v) is 12.1. The van der Waals surface area contributed by atoms with Crippen LogP contribution in [0, 0.1) is 0 Å². The van der Waals surface area contributed by atoms with Crippen molar-refractivity contribution in [1.29, 1.82) is 0 Å². The van der Waals surface area contributed by atoms with E-state index in [9.17, 15) is 4.79 Å². The number of anilines is 1. The van der Waals surface area contributed by atoms with E-state index in [1.807, 2.05) is 6.92 Å². The predicted molar refractivity (Wildman–Crippen MR) is 75.8 cm³/mol. The number of imidazole rings is 1. The van der Waals surface area contributed by atoms with Crippen LogP contribution in [-0.2, 0) is 4.74 Å². The summed E-state index contributed by atoms with van der Waals surface area (Å²) in [4.78, 5) is 18.7. The number of ether oxygens (including phenoxy) is 1. The van der Waals surface area contributed by atoms with Gasteiger partial charge in [-0.05, 0) is 24.9 Å². The van der Waals surface area contributed by atoms with Gasteiger partial charge in [0.25, 0.3) is 5.91 Å². The molecule has 7 heteroatoms. The summed E-state index contributed by atoms with van der Waals surface area (Å²) in [7, 11) is 0. The third-order valence-corrected chi connectivity index (χ3v) is 2.64. The van der Waals surface area contributed by atoms with Crippen LogP contribution in [0.1, 0.15) is 37.2 Å². The number of hydrogen-bond donors (Lipinski definition) is 3. The maximum atomic E-state index is 11.9. The molecule has 0 saturated heterocycles. The number of nitrogens with one attached hydrogen (secondary N) is 3. The Labute approximate surface area is 118 Å². The lowest BCUT2D eigenvalue weighted by Gasteiger charge is -2.06. The summed E-state index contributed by atoms with van der Waals surface area (Å²) in [6, 6.07) is 0. The molecule has 0 spiro atoms. The fraction of sp³-hybridized carbons (Fsp3) is 0.667. The van der Waals surface area contributed by atoms with Crippen molar-refractivity contribution in [3.05, 3.63) is 11.0 Å². The number of amides is 1. The second-order valence-electron chi connectivity index (χ2n) is 3.98. The van der Waals surface area contributed by atoms with Gasteiger partial charge in [0.2, 0.25) is 5.28 Å². The Hall–Kier alpha value is -1.27. The quantitative estimate of drug-likeness (QED) is 0.608. The van der Waals surface area contributed by atoms with Crippen LogP contribution in [0.15, 0.2) is 0 Å². The van der Waals surface area contributed by atoms with E-state index in [0.29, 0.717) is 31.3 Å². The fourth-order valence-electron chi connectivity index (χ4n) is 1.49. The largest absolute Gasteiger partial charge is 0.380 e. The molecule has 1 aromatic heterocycles. The van der Waals surface area contributed by atoms with Gasteiger partial charge in [-0.2, -0.15) is 0 Å². The zero-order chi connectivity index (χ0) is 14.1. The summed E-state index contributed by atoms with van der Waals surface area (Å²) in [6.07, 6.45) is 2.08. The van der Waals surface area contributed by atoms with Crippen molar-refractivity contribution in [2.24, 2.45) is 0 Å². The maximum Gasteiger partial charge on any atom is 0.271 e. The van der Waals surface area contributed by atoms with Gasteiger partial charge in [-0.15, -0.1) is 0 Å². The molecular formula is C12H21ClN4O2. The van der Waals surface area contributed by atoms with E-state index in [1.165, 1.54) is 0 Å². The Kier molecular flexibility index (Phi) is 7.28. The van der Waals surface area contributed by atoms with Gasteiger partial charge in [0, 0.05) is 19.7 Å². The van der Waals surface area contributed by atoms with Crippen molar-refractivity contribution in [3.8, 4) is 0 Å². The number of unbranched alkanes of at least 4 members (excludes halogenated alkanes) is 1. The van der Waals surface area contributed by atoms with Crippen molar-refractivity contribution < 1.29 is 9.53 Å². The van der Waals surface area contributed by atoms with E-state index in [2.05, 4.69) is 27.5 Å². The van der Waals surface area contributed by atoms with Gasteiger partial charge in [0.15, 0.2) is 5.82 Å². The van der Waals surface area contributed by atoms with Crippen LogP contribution in [0.3, 0.4) is 0 Å². The molecule has 0 aromatic carbocycles. The van der Waals surface area contributed by atoms with Crippen LogP contribution in [0.4, 0.5) is 5.82 Å². The third kappa shape index (κ3) is 5.48. The van der Waals surface area contributed by atoms with Gasteiger partial charge >= 0.3 is 0 Å². The van der Waals surface area contributed by atoms with Crippen LogP contribution in [0.5, 0.6) is 0 Å². The third-order valence-electron chi connectivity index (χ3n) is 2.46. The van der Waals surface area contributed by atoms with Crippen molar-refractivity contribution in [2.75, 3.05) is 31.6 Å². The summed E-state index contributed by atoms with van der Waals surface area (Å²) in [5, 5.41) is 6.05. The molecule has 1 rings (SSSR count). The van der Waals surface area contributed by atoms with Crippen LogP contribution in [-0.4, -0.2) is 42.2 Å². The number of carbonyl (C=O) groups excluding carboxylic acids is 1. The van der Waals surface area contributed by atoms with E-state index >= 15 is 0 Å². The minimum atomic E-state index is -0.238. The van der Waals surface area contributed by atoms with Crippen LogP contribution in [0.25, 0.3) is 0 Å². The lowest BCUT2D eigenvalue weighted by molar-refractivity contribution is 0.0919. The second-order valence-corrected chi connectivity index (χ2v) is 4.34. The summed E-state index contributed by atoms with van der Waals surface area (Å²) in [6.45, 7) is 6.35.